The molecule has 112 valence electrons. The van der Waals surface area contributed by atoms with E-state index >= 15 is 0 Å². The smallest absolute Gasteiger partial charge is 0.123 e. The van der Waals surface area contributed by atoms with Crippen molar-refractivity contribution in [1.29, 1.82) is 0 Å². The summed E-state index contributed by atoms with van der Waals surface area (Å²) in [6, 6.07) is 6.35. The molecule has 0 aliphatic heterocycles. The molecule has 0 atom stereocenters. The normalized spacial score (nSPS) is 11.7. The predicted molar refractivity (Wildman–Crippen MR) is 82.7 cm³/mol. The van der Waals surface area contributed by atoms with Crippen LogP contribution in [-0.4, -0.2) is 15.0 Å². The van der Waals surface area contributed by atoms with Gasteiger partial charge in [0.25, 0.3) is 0 Å². The lowest BCUT2D eigenvalue weighted by Crippen LogP contribution is -2.06. The van der Waals surface area contributed by atoms with Crippen LogP contribution in [0.3, 0.4) is 0 Å². The monoisotopic (exact) mass is 288 g/mol. The van der Waals surface area contributed by atoms with Crippen molar-refractivity contribution in [2.75, 3.05) is 0 Å². The molecule has 0 unspecified atom stereocenters. The third-order valence-corrected chi connectivity index (χ3v) is 3.26. The number of aryl methyl sites for hydroxylation is 1. The fraction of sp³-hybridized carbons (Fsp3) is 0.375. The summed E-state index contributed by atoms with van der Waals surface area (Å²) in [5, 5.41) is 8.28. The molecule has 5 heteroatoms. The maximum Gasteiger partial charge on any atom is 0.123 e. The Balaban J connectivity index is 2.20. The number of hydrogen-bond donors (Lipinski definition) is 1. The maximum atomic E-state index is 12.9. The summed E-state index contributed by atoms with van der Waals surface area (Å²) in [6.07, 6.45) is 4.89. The Kier molecular flexibility index (Phi) is 5.22. The van der Waals surface area contributed by atoms with Crippen molar-refractivity contribution in [3.8, 4) is 0 Å². The van der Waals surface area contributed by atoms with Gasteiger partial charge in [0.1, 0.15) is 11.5 Å². The Morgan fingerprint density at radius 1 is 1.24 bits per heavy atom. The van der Waals surface area contributed by atoms with Gasteiger partial charge >= 0.3 is 0 Å². The van der Waals surface area contributed by atoms with E-state index in [2.05, 4.69) is 24.2 Å². The number of rotatable bonds is 6. The van der Waals surface area contributed by atoms with Crippen molar-refractivity contribution in [2.24, 2.45) is 11.7 Å². The number of nitrogens with zero attached hydrogens (tertiary/aromatic N) is 3. The summed E-state index contributed by atoms with van der Waals surface area (Å²) >= 11 is 0. The van der Waals surface area contributed by atoms with E-state index in [4.69, 9.17) is 5.73 Å². The van der Waals surface area contributed by atoms with E-state index in [9.17, 15) is 4.39 Å². The highest BCUT2D eigenvalue weighted by atomic mass is 19.1. The van der Waals surface area contributed by atoms with E-state index in [1.807, 2.05) is 16.8 Å². The van der Waals surface area contributed by atoms with Crippen molar-refractivity contribution in [3.05, 3.63) is 47.0 Å². The lowest BCUT2D eigenvalue weighted by atomic mass is 10.1. The minimum atomic E-state index is -0.238. The van der Waals surface area contributed by atoms with Crippen molar-refractivity contribution >= 4 is 12.2 Å². The van der Waals surface area contributed by atoms with Crippen LogP contribution in [0, 0.1) is 11.7 Å². The van der Waals surface area contributed by atoms with Crippen molar-refractivity contribution in [2.45, 2.75) is 33.4 Å². The molecule has 0 fully saturated rings. The zero-order valence-corrected chi connectivity index (χ0v) is 12.5. The van der Waals surface area contributed by atoms with Gasteiger partial charge in [0.2, 0.25) is 0 Å². The van der Waals surface area contributed by atoms with Gasteiger partial charge in [0, 0.05) is 13.1 Å². The minimum absolute atomic E-state index is 0.238. The maximum absolute atomic E-state index is 12.9. The first-order valence-corrected chi connectivity index (χ1v) is 7.16. The van der Waals surface area contributed by atoms with Gasteiger partial charge in [0.05, 0.1) is 5.69 Å². The number of aromatic nitrogens is 3. The highest BCUT2D eigenvalue weighted by Crippen LogP contribution is 2.13. The van der Waals surface area contributed by atoms with E-state index < -0.39 is 0 Å². The van der Waals surface area contributed by atoms with Crippen LogP contribution in [0.5, 0.6) is 0 Å². The van der Waals surface area contributed by atoms with Crippen LogP contribution in [0.25, 0.3) is 12.2 Å². The first-order chi connectivity index (χ1) is 10.1. The summed E-state index contributed by atoms with van der Waals surface area (Å²) < 4.78 is 14.8. The molecule has 0 saturated heterocycles. The third kappa shape index (κ3) is 4.23. The molecule has 0 aliphatic rings. The van der Waals surface area contributed by atoms with Gasteiger partial charge in [-0.25, -0.2) is 9.07 Å². The number of benzene rings is 1. The summed E-state index contributed by atoms with van der Waals surface area (Å²) in [7, 11) is 0. The Morgan fingerprint density at radius 3 is 2.57 bits per heavy atom. The first-order valence-electron chi connectivity index (χ1n) is 7.16. The molecule has 1 aromatic carbocycles. The summed E-state index contributed by atoms with van der Waals surface area (Å²) in [5.41, 5.74) is 8.33. The first kappa shape index (κ1) is 15.4. The van der Waals surface area contributed by atoms with Gasteiger partial charge < -0.3 is 5.73 Å². The number of nitrogens with two attached hydrogens (primary N) is 1. The molecule has 4 nitrogen and oxygen atoms in total. The minimum Gasteiger partial charge on any atom is -0.325 e. The number of hydrogen-bond acceptors (Lipinski definition) is 3. The van der Waals surface area contributed by atoms with Crippen LogP contribution >= 0.6 is 0 Å². The molecule has 2 N–H and O–H groups in total. The molecule has 2 aromatic rings. The average molecular weight is 288 g/mol. The second kappa shape index (κ2) is 7.13. The fourth-order valence-corrected chi connectivity index (χ4v) is 1.98. The topological polar surface area (TPSA) is 56.7 Å². The second-order valence-electron chi connectivity index (χ2n) is 5.42. The highest BCUT2D eigenvalue weighted by Gasteiger charge is 2.09. The quantitative estimate of drug-likeness (QED) is 0.888. The third-order valence-electron chi connectivity index (χ3n) is 3.26. The molecule has 1 heterocycles. The molecule has 21 heavy (non-hydrogen) atoms. The molecular weight excluding hydrogens is 267 g/mol. The van der Waals surface area contributed by atoms with Crippen molar-refractivity contribution in [1.82, 2.24) is 15.0 Å². The van der Waals surface area contributed by atoms with Gasteiger partial charge in [-0.15, -0.1) is 5.10 Å². The Bertz CT molecular complexity index is 599. The molecule has 1 aromatic heterocycles. The van der Waals surface area contributed by atoms with Gasteiger partial charge in [0.15, 0.2) is 0 Å². The van der Waals surface area contributed by atoms with E-state index in [1.54, 1.807) is 12.1 Å². The molecule has 0 saturated carbocycles. The average Bonchev–Trinajstić information content (AvgIpc) is 2.86. The van der Waals surface area contributed by atoms with E-state index in [-0.39, 0.29) is 5.82 Å². The SMILES string of the molecule is CC(C)CCn1nnc(CN)c1/C=C/c1ccc(F)cc1. The van der Waals surface area contributed by atoms with E-state index in [1.165, 1.54) is 12.1 Å². The molecule has 0 bridgehead atoms. The standard InChI is InChI=1S/C16H21FN4/c1-12(2)9-10-21-16(15(11-18)19-20-21)8-5-13-3-6-14(17)7-4-13/h3-8,12H,9-11,18H2,1-2H3/b8-5+. The summed E-state index contributed by atoms with van der Waals surface area (Å²) in [6.45, 7) is 5.52. The zero-order valence-electron chi connectivity index (χ0n) is 12.5. The van der Waals surface area contributed by atoms with Gasteiger partial charge in [-0.1, -0.05) is 37.3 Å². The Labute approximate surface area is 124 Å². The molecule has 0 aliphatic carbocycles. The fourth-order valence-electron chi connectivity index (χ4n) is 1.98. The summed E-state index contributed by atoms with van der Waals surface area (Å²) in [4.78, 5) is 0. The van der Waals surface area contributed by atoms with Crippen LogP contribution in [0.2, 0.25) is 0 Å². The van der Waals surface area contributed by atoms with Crippen LogP contribution in [0.15, 0.2) is 24.3 Å². The predicted octanol–water partition coefficient (Wildman–Crippen LogP) is 3.09. The van der Waals surface area contributed by atoms with Crippen molar-refractivity contribution in [3.63, 3.8) is 0 Å². The molecular formula is C16H21FN4. The lowest BCUT2D eigenvalue weighted by molar-refractivity contribution is 0.476. The lowest BCUT2D eigenvalue weighted by Gasteiger charge is -2.06. The summed E-state index contributed by atoms with van der Waals surface area (Å²) in [5.74, 6) is 0.364. The van der Waals surface area contributed by atoms with Gasteiger partial charge in [-0.2, -0.15) is 0 Å². The zero-order chi connectivity index (χ0) is 15.2. The second-order valence-corrected chi connectivity index (χ2v) is 5.42. The molecule has 0 spiro atoms. The van der Waals surface area contributed by atoms with Gasteiger partial charge in [-0.3, -0.25) is 0 Å². The van der Waals surface area contributed by atoms with Crippen molar-refractivity contribution < 1.29 is 4.39 Å². The molecule has 0 amide bonds. The Morgan fingerprint density at radius 2 is 1.95 bits per heavy atom. The van der Waals surface area contributed by atoms with E-state index in [0.717, 1.165) is 29.9 Å². The van der Waals surface area contributed by atoms with Crippen LogP contribution < -0.4 is 5.73 Å². The Hall–Kier alpha value is -2.01. The van der Waals surface area contributed by atoms with Crippen LogP contribution in [-0.2, 0) is 13.1 Å². The molecule has 2 rings (SSSR count). The highest BCUT2D eigenvalue weighted by molar-refractivity contribution is 5.68. The van der Waals surface area contributed by atoms with Crippen LogP contribution in [0.1, 0.15) is 37.2 Å². The van der Waals surface area contributed by atoms with Gasteiger partial charge in [-0.05, 0) is 36.1 Å². The molecule has 0 radical (unpaired) electrons. The van der Waals surface area contributed by atoms with Crippen LogP contribution in [0.4, 0.5) is 4.39 Å². The largest absolute Gasteiger partial charge is 0.325 e. The van der Waals surface area contributed by atoms with E-state index in [0.29, 0.717) is 12.5 Å². The number of halogens is 1.